The third-order valence-electron chi connectivity index (χ3n) is 3.17. The van der Waals surface area contributed by atoms with Gasteiger partial charge in [-0.15, -0.1) is 0 Å². The Labute approximate surface area is 106 Å². The summed E-state index contributed by atoms with van der Waals surface area (Å²) in [4.78, 5) is 0. The molecule has 18 heavy (non-hydrogen) atoms. The zero-order valence-corrected chi connectivity index (χ0v) is 10.8. The molecule has 0 unspecified atom stereocenters. The molecule has 2 rings (SSSR count). The number of hydrogen-bond acceptors (Lipinski definition) is 2. The van der Waals surface area contributed by atoms with Gasteiger partial charge in [-0.3, -0.25) is 4.68 Å². The van der Waals surface area contributed by atoms with Crippen molar-refractivity contribution in [3.8, 4) is 0 Å². The molecule has 2 aromatic rings. The molecule has 0 atom stereocenters. The van der Waals surface area contributed by atoms with Crippen molar-refractivity contribution in [3.63, 3.8) is 0 Å². The Morgan fingerprint density at radius 1 is 1.22 bits per heavy atom. The highest BCUT2D eigenvalue weighted by Gasteiger charge is 2.10. The quantitative estimate of drug-likeness (QED) is 0.900. The SMILES string of the molecule is Cc1nn(Cc2ccc(F)cc2)c(C)c1CCN. The van der Waals surface area contributed by atoms with Crippen molar-refractivity contribution in [2.75, 3.05) is 6.54 Å². The molecule has 0 fully saturated rings. The van der Waals surface area contributed by atoms with Crippen LogP contribution in [-0.2, 0) is 13.0 Å². The number of aryl methyl sites for hydroxylation is 1. The van der Waals surface area contributed by atoms with Crippen LogP contribution < -0.4 is 5.73 Å². The van der Waals surface area contributed by atoms with Gasteiger partial charge in [-0.05, 0) is 50.1 Å². The zero-order valence-electron chi connectivity index (χ0n) is 10.8. The molecular formula is C14H18FN3. The van der Waals surface area contributed by atoms with Gasteiger partial charge in [0.1, 0.15) is 5.82 Å². The first kappa shape index (κ1) is 12.8. The van der Waals surface area contributed by atoms with Crippen molar-refractivity contribution in [3.05, 3.63) is 52.6 Å². The Morgan fingerprint density at radius 3 is 2.50 bits per heavy atom. The molecule has 0 spiro atoms. The maximum atomic E-state index is 12.8. The molecule has 0 saturated heterocycles. The van der Waals surface area contributed by atoms with Gasteiger partial charge in [0.2, 0.25) is 0 Å². The third kappa shape index (κ3) is 2.59. The molecule has 0 radical (unpaired) electrons. The first-order valence-corrected chi connectivity index (χ1v) is 6.09. The molecule has 0 aliphatic rings. The van der Waals surface area contributed by atoms with Gasteiger partial charge in [0.25, 0.3) is 0 Å². The van der Waals surface area contributed by atoms with E-state index in [1.807, 2.05) is 11.6 Å². The van der Waals surface area contributed by atoms with E-state index in [9.17, 15) is 4.39 Å². The van der Waals surface area contributed by atoms with E-state index in [0.29, 0.717) is 13.1 Å². The number of halogens is 1. The van der Waals surface area contributed by atoms with Crippen LogP contribution in [0.3, 0.4) is 0 Å². The predicted octanol–water partition coefficient (Wildman–Crippen LogP) is 2.19. The Hall–Kier alpha value is -1.68. The normalized spacial score (nSPS) is 10.9. The van der Waals surface area contributed by atoms with Crippen molar-refractivity contribution < 1.29 is 4.39 Å². The van der Waals surface area contributed by atoms with E-state index in [4.69, 9.17) is 5.73 Å². The van der Waals surface area contributed by atoms with E-state index >= 15 is 0 Å². The molecule has 0 saturated carbocycles. The minimum absolute atomic E-state index is 0.212. The van der Waals surface area contributed by atoms with Crippen LogP contribution in [0.25, 0.3) is 0 Å². The summed E-state index contributed by atoms with van der Waals surface area (Å²) >= 11 is 0. The second kappa shape index (κ2) is 5.31. The first-order chi connectivity index (χ1) is 8.61. The lowest BCUT2D eigenvalue weighted by Gasteiger charge is -2.05. The highest BCUT2D eigenvalue weighted by Crippen LogP contribution is 2.15. The number of nitrogens with zero attached hydrogens (tertiary/aromatic N) is 2. The maximum absolute atomic E-state index is 12.8. The average Bonchev–Trinajstić information content (AvgIpc) is 2.60. The monoisotopic (exact) mass is 247 g/mol. The highest BCUT2D eigenvalue weighted by atomic mass is 19.1. The van der Waals surface area contributed by atoms with Crippen molar-refractivity contribution in [1.29, 1.82) is 0 Å². The van der Waals surface area contributed by atoms with Gasteiger partial charge in [-0.1, -0.05) is 12.1 Å². The number of benzene rings is 1. The van der Waals surface area contributed by atoms with E-state index in [1.165, 1.54) is 17.7 Å². The van der Waals surface area contributed by atoms with E-state index in [2.05, 4.69) is 12.0 Å². The fourth-order valence-electron chi connectivity index (χ4n) is 2.16. The maximum Gasteiger partial charge on any atom is 0.123 e. The molecule has 1 aromatic heterocycles. The van der Waals surface area contributed by atoms with Gasteiger partial charge in [0, 0.05) is 5.69 Å². The van der Waals surface area contributed by atoms with Gasteiger partial charge >= 0.3 is 0 Å². The topological polar surface area (TPSA) is 43.8 Å². The Kier molecular flexibility index (Phi) is 3.77. The molecular weight excluding hydrogens is 229 g/mol. The van der Waals surface area contributed by atoms with E-state index in [1.54, 1.807) is 12.1 Å². The summed E-state index contributed by atoms with van der Waals surface area (Å²) in [5, 5.41) is 4.51. The van der Waals surface area contributed by atoms with Crippen LogP contribution in [0.1, 0.15) is 22.5 Å². The van der Waals surface area contributed by atoms with E-state index < -0.39 is 0 Å². The third-order valence-corrected chi connectivity index (χ3v) is 3.17. The summed E-state index contributed by atoms with van der Waals surface area (Å²) in [6.07, 6.45) is 0.848. The van der Waals surface area contributed by atoms with Crippen LogP contribution in [0.2, 0.25) is 0 Å². The van der Waals surface area contributed by atoms with Crippen molar-refractivity contribution in [1.82, 2.24) is 9.78 Å². The first-order valence-electron chi connectivity index (χ1n) is 6.09. The molecule has 1 aromatic carbocycles. The van der Waals surface area contributed by atoms with Crippen LogP contribution in [-0.4, -0.2) is 16.3 Å². The summed E-state index contributed by atoms with van der Waals surface area (Å²) in [6.45, 7) is 5.34. The van der Waals surface area contributed by atoms with E-state index in [-0.39, 0.29) is 5.82 Å². The molecule has 0 aliphatic carbocycles. The van der Waals surface area contributed by atoms with Crippen LogP contribution in [0, 0.1) is 19.7 Å². The fraction of sp³-hybridized carbons (Fsp3) is 0.357. The van der Waals surface area contributed by atoms with Gasteiger partial charge < -0.3 is 5.73 Å². The molecule has 96 valence electrons. The van der Waals surface area contributed by atoms with Crippen molar-refractivity contribution >= 4 is 0 Å². The van der Waals surface area contributed by atoms with Crippen LogP contribution in [0.5, 0.6) is 0 Å². The summed E-state index contributed by atoms with van der Waals surface area (Å²) in [7, 11) is 0. The molecule has 0 aliphatic heterocycles. The molecule has 1 heterocycles. The predicted molar refractivity (Wildman–Crippen MR) is 70.0 cm³/mol. The molecule has 4 heteroatoms. The van der Waals surface area contributed by atoms with Gasteiger partial charge in [0.15, 0.2) is 0 Å². The summed E-state index contributed by atoms with van der Waals surface area (Å²) in [5.41, 5.74) is 10.0. The lowest BCUT2D eigenvalue weighted by molar-refractivity contribution is 0.622. The molecule has 2 N–H and O–H groups in total. The molecule has 0 bridgehead atoms. The minimum atomic E-state index is -0.212. The number of nitrogens with two attached hydrogens (primary N) is 1. The fourth-order valence-corrected chi connectivity index (χ4v) is 2.16. The molecule has 3 nitrogen and oxygen atoms in total. The smallest absolute Gasteiger partial charge is 0.123 e. The van der Waals surface area contributed by atoms with Gasteiger partial charge in [-0.25, -0.2) is 4.39 Å². The average molecular weight is 247 g/mol. The zero-order chi connectivity index (χ0) is 13.1. The highest BCUT2D eigenvalue weighted by molar-refractivity contribution is 5.26. The largest absolute Gasteiger partial charge is 0.330 e. The lowest BCUT2D eigenvalue weighted by Crippen LogP contribution is -2.06. The Morgan fingerprint density at radius 2 is 1.89 bits per heavy atom. The second-order valence-electron chi connectivity index (χ2n) is 4.47. The van der Waals surface area contributed by atoms with Crippen molar-refractivity contribution in [2.45, 2.75) is 26.8 Å². The van der Waals surface area contributed by atoms with Crippen LogP contribution in [0.4, 0.5) is 4.39 Å². The van der Waals surface area contributed by atoms with Crippen LogP contribution in [0.15, 0.2) is 24.3 Å². The molecule has 0 amide bonds. The Bertz CT molecular complexity index is 529. The minimum Gasteiger partial charge on any atom is -0.330 e. The summed E-state index contributed by atoms with van der Waals surface area (Å²) in [5.74, 6) is -0.212. The number of rotatable bonds is 4. The van der Waals surface area contributed by atoms with E-state index in [0.717, 1.165) is 23.4 Å². The van der Waals surface area contributed by atoms with Crippen molar-refractivity contribution in [2.24, 2.45) is 5.73 Å². The van der Waals surface area contributed by atoms with Gasteiger partial charge in [-0.2, -0.15) is 5.10 Å². The summed E-state index contributed by atoms with van der Waals surface area (Å²) in [6, 6.07) is 6.52. The lowest BCUT2D eigenvalue weighted by atomic mass is 10.1. The van der Waals surface area contributed by atoms with Crippen LogP contribution >= 0.6 is 0 Å². The number of aromatic nitrogens is 2. The standard InChI is InChI=1S/C14H18FN3/c1-10-14(7-8-16)11(2)18(17-10)9-12-3-5-13(15)6-4-12/h3-6H,7-9,16H2,1-2H3. The summed E-state index contributed by atoms with van der Waals surface area (Å²) < 4.78 is 14.8. The Balaban J connectivity index is 2.24. The second-order valence-corrected chi connectivity index (χ2v) is 4.47. The number of hydrogen-bond donors (Lipinski definition) is 1. The van der Waals surface area contributed by atoms with Gasteiger partial charge in [0.05, 0.1) is 12.2 Å².